The van der Waals surface area contributed by atoms with Gasteiger partial charge in [-0.2, -0.15) is 5.26 Å². The van der Waals surface area contributed by atoms with Crippen molar-refractivity contribution in [2.75, 3.05) is 5.32 Å². The van der Waals surface area contributed by atoms with Gasteiger partial charge >= 0.3 is 0 Å². The van der Waals surface area contributed by atoms with E-state index in [1.54, 1.807) is 6.20 Å². The van der Waals surface area contributed by atoms with E-state index in [9.17, 15) is 5.26 Å². The third-order valence-corrected chi connectivity index (χ3v) is 4.81. The highest BCUT2D eigenvalue weighted by Gasteiger charge is 2.23. The Hall–Kier alpha value is -4.43. The molecule has 5 nitrogen and oxygen atoms in total. The number of aromatic nitrogens is 2. The maximum Gasteiger partial charge on any atom is 0.217 e. The number of benzene rings is 3. The molecule has 1 N–H and O–H groups in total. The fraction of sp³-hybridized carbons (Fsp3) is 0. The zero-order chi connectivity index (χ0) is 20.3. The first-order chi connectivity index (χ1) is 14.8. The summed E-state index contributed by atoms with van der Waals surface area (Å²) in [5, 5.41) is 13.1. The summed E-state index contributed by atoms with van der Waals surface area (Å²) in [5.41, 5.74) is 4.55. The number of rotatable bonds is 4. The third-order valence-electron chi connectivity index (χ3n) is 4.81. The molecule has 0 saturated heterocycles. The van der Waals surface area contributed by atoms with Crippen LogP contribution in [0.3, 0.4) is 0 Å². The minimum atomic E-state index is 0.347. The summed E-state index contributed by atoms with van der Waals surface area (Å²) in [6.07, 6.45) is 1.64. The Morgan fingerprint density at radius 1 is 0.767 bits per heavy atom. The van der Waals surface area contributed by atoms with E-state index in [0.717, 1.165) is 27.7 Å². The molecule has 0 fully saturated rings. The van der Waals surface area contributed by atoms with Gasteiger partial charge in [-0.15, -0.1) is 0 Å². The highest BCUT2D eigenvalue weighted by Crippen LogP contribution is 2.42. The van der Waals surface area contributed by atoms with Gasteiger partial charge in [-0.1, -0.05) is 72.8 Å². The van der Waals surface area contributed by atoms with Gasteiger partial charge in [0.15, 0.2) is 5.82 Å². The van der Waals surface area contributed by atoms with Crippen LogP contribution in [0.2, 0.25) is 0 Å². The topological polar surface area (TPSA) is 74.7 Å². The van der Waals surface area contributed by atoms with Crippen molar-refractivity contribution in [3.8, 4) is 28.5 Å². The summed E-state index contributed by atoms with van der Waals surface area (Å²) in [7, 11) is 0. The molecule has 0 bridgehead atoms. The van der Waals surface area contributed by atoms with Crippen LogP contribution < -0.4 is 5.32 Å². The lowest BCUT2D eigenvalue weighted by molar-refractivity contribution is 0.600. The lowest BCUT2D eigenvalue weighted by atomic mass is 9.98. The van der Waals surface area contributed by atoms with Gasteiger partial charge in [0, 0.05) is 11.1 Å². The predicted octanol–water partition coefficient (Wildman–Crippen LogP) is 6.17. The molecule has 0 amide bonds. The molecule has 5 rings (SSSR count). The molecular weight excluding hydrogens is 372 g/mol. The number of para-hydroxylation sites is 2. The molecule has 0 radical (unpaired) electrons. The van der Waals surface area contributed by atoms with Crippen molar-refractivity contribution in [2.45, 2.75) is 0 Å². The highest BCUT2D eigenvalue weighted by atomic mass is 16.4. The van der Waals surface area contributed by atoms with Crippen molar-refractivity contribution in [3.05, 3.63) is 96.7 Å². The molecule has 0 aliphatic carbocycles. The molecule has 5 heteroatoms. The Morgan fingerprint density at radius 3 is 2.10 bits per heavy atom. The van der Waals surface area contributed by atoms with Gasteiger partial charge in [-0.05, 0) is 17.7 Å². The van der Waals surface area contributed by atoms with Gasteiger partial charge in [-0.3, -0.25) is 4.98 Å². The largest absolute Gasteiger partial charge is 0.438 e. The van der Waals surface area contributed by atoms with Crippen molar-refractivity contribution in [2.24, 2.45) is 0 Å². The summed E-state index contributed by atoms with van der Waals surface area (Å²) in [6.45, 7) is 0. The van der Waals surface area contributed by atoms with E-state index in [1.165, 1.54) is 0 Å². The molecule has 0 spiro atoms. The van der Waals surface area contributed by atoms with Gasteiger partial charge in [0.1, 0.15) is 17.4 Å². The Bertz CT molecular complexity index is 1370. The maximum absolute atomic E-state index is 9.98. The molecule has 0 aliphatic heterocycles. The van der Waals surface area contributed by atoms with Crippen molar-refractivity contribution in [1.82, 2.24) is 9.97 Å². The molecule has 0 unspecified atom stereocenters. The normalized spacial score (nSPS) is 10.6. The van der Waals surface area contributed by atoms with E-state index in [2.05, 4.69) is 21.4 Å². The molecule has 2 heterocycles. The third kappa shape index (κ3) is 3.17. The molecule has 2 aromatic heterocycles. The first-order valence-electron chi connectivity index (χ1n) is 9.50. The number of anilines is 2. The molecule has 0 aliphatic rings. The van der Waals surface area contributed by atoms with Crippen LogP contribution in [0.4, 0.5) is 11.7 Å². The zero-order valence-corrected chi connectivity index (χ0v) is 15.9. The lowest BCUT2D eigenvalue weighted by Gasteiger charge is -2.04. The second-order valence-corrected chi connectivity index (χ2v) is 6.72. The van der Waals surface area contributed by atoms with Crippen LogP contribution in [0, 0.1) is 11.3 Å². The minimum absolute atomic E-state index is 0.347. The summed E-state index contributed by atoms with van der Waals surface area (Å²) >= 11 is 0. The van der Waals surface area contributed by atoms with Crippen molar-refractivity contribution in [3.63, 3.8) is 0 Å². The van der Waals surface area contributed by atoms with E-state index in [-0.39, 0.29) is 0 Å². The number of nitrogens with one attached hydrogen (secondary N) is 1. The highest BCUT2D eigenvalue weighted by molar-refractivity contribution is 5.89. The molecule has 3 aromatic carbocycles. The minimum Gasteiger partial charge on any atom is -0.438 e. The summed E-state index contributed by atoms with van der Waals surface area (Å²) < 4.78 is 6.19. The zero-order valence-electron chi connectivity index (χ0n) is 15.9. The van der Waals surface area contributed by atoms with E-state index < -0.39 is 0 Å². The van der Waals surface area contributed by atoms with Crippen molar-refractivity contribution >= 4 is 22.7 Å². The van der Waals surface area contributed by atoms with Crippen LogP contribution in [0.25, 0.3) is 33.5 Å². The van der Waals surface area contributed by atoms with Gasteiger partial charge in [-0.25, -0.2) is 4.98 Å². The second-order valence-electron chi connectivity index (χ2n) is 6.72. The van der Waals surface area contributed by atoms with Crippen LogP contribution in [-0.2, 0) is 0 Å². The van der Waals surface area contributed by atoms with Crippen molar-refractivity contribution in [1.29, 1.82) is 5.26 Å². The second kappa shape index (κ2) is 7.53. The van der Waals surface area contributed by atoms with E-state index >= 15 is 0 Å². The fourth-order valence-electron chi connectivity index (χ4n) is 3.43. The SMILES string of the molecule is N#Cc1c(Nc2cnc3ccccc3n2)oc(-c2ccccc2)c1-c1ccccc1. The van der Waals surface area contributed by atoms with Gasteiger partial charge in [0.2, 0.25) is 5.88 Å². The Labute approximate surface area is 173 Å². The lowest BCUT2D eigenvalue weighted by Crippen LogP contribution is -1.96. The molecule has 142 valence electrons. The van der Waals surface area contributed by atoms with Gasteiger partial charge < -0.3 is 9.73 Å². The standard InChI is InChI=1S/C25H16N4O/c26-15-19-23(17-9-3-1-4-10-17)24(18-11-5-2-6-12-18)30-25(19)29-22-16-27-20-13-7-8-14-21(20)28-22/h1-14,16H,(H,28,29). The first-order valence-corrected chi connectivity index (χ1v) is 9.50. The first kappa shape index (κ1) is 17.7. The van der Waals surface area contributed by atoms with Crippen LogP contribution in [0.15, 0.2) is 95.5 Å². The van der Waals surface area contributed by atoms with E-state index in [4.69, 9.17) is 4.42 Å². The van der Waals surface area contributed by atoms with Gasteiger partial charge in [0.05, 0.1) is 17.2 Å². The van der Waals surface area contributed by atoms with Crippen molar-refractivity contribution < 1.29 is 4.42 Å². The van der Waals surface area contributed by atoms with E-state index in [0.29, 0.717) is 23.0 Å². The Balaban J connectivity index is 1.66. The molecule has 0 atom stereocenters. The number of nitrogens with zero attached hydrogens (tertiary/aromatic N) is 3. The van der Waals surface area contributed by atoms with E-state index in [1.807, 2.05) is 84.9 Å². The average molecular weight is 388 g/mol. The monoisotopic (exact) mass is 388 g/mol. The summed E-state index contributed by atoms with van der Waals surface area (Å²) in [6, 6.07) is 29.5. The average Bonchev–Trinajstić information content (AvgIpc) is 3.18. The van der Waals surface area contributed by atoms with Crippen LogP contribution >= 0.6 is 0 Å². The summed E-state index contributed by atoms with van der Waals surface area (Å²) in [5.74, 6) is 1.49. The number of hydrogen-bond acceptors (Lipinski definition) is 5. The van der Waals surface area contributed by atoms with Crippen LogP contribution in [0.1, 0.15) is 5.56 Å². The number of furan rings is 1. The number of fused-ring (bicyclic) bond motifs is 1. The van der Waals surface area contributed by atoms with Crippen LogP contribution in [0.5, 0.6) is 0 Å². The maximum atomic E-state index is 9.98. The van der Waals surface area contributed by atoms with Crippen LogP contribution in [-0.4, -0.2) is 9.97 Å². The smallest absolute Gasteiger partial charge is 0.217 e. The molecule has 30 heavy (non-hydrogen) atoms. The van der Waals surface area contributed by atoms with Gasteiger partial charge in [0.25, 0.3) is 0 Å². The Kier molecular flexibility index (Phi) is 4.43. The molecular formula is C25H16N4O. The quantitative estimate of drug-likeness (QED) is 0.398. The molecule has 5 aromatic rings. The number of nitriles is 1. The molecule has 0 saturated carbocycles. The number of hydrogen-bond donors (Lipinski definition) is 1. The summed E-state index contributed by atoms with van der Waals surface area (Å²) in [4.78, 5) is 9.02. The predicted molar refractivity (Wildman–Crippen MR) is 117 cm³/mol. The Morgan fingerprint density at radius 2 is 1.40 bits per heavy atom. The fourth-order valence-corrected chi connectivity index (χ4v) is 3.43.